The van der Waals surface area contributed by atoms with E-state index in [-0.39, 0.29) is 11.3 Å². The van der Waals surface area contributed by atoms with Gasteiger partial charge in [0.05, 0.1) is 10.9 Å². The van der Waals surface area contributed by atoms with E-state index < -0.39 is 0 Å². The van der Waals surface area contributed by atoms with Crippen molar-refractivity contribution >= 4 is 22.6 Å². The minimum atomic E-state index is -0.207. The van der Waals surface area contributed by atoms with Gasteiger partial charge in [-0.15, -0.1) is 5.10 Å². The topological polar surface area (TPSA) is 53.4 Å². The Bertz CT molecular complexity index is 786. The van der Waals surface area contributed by atoms with Crippen LogP contribution in [0.15, 0.2) is 24.3 Å². The van der Waals surface area contributed by atoms with Crippen molar-refractivity contribution in [2.45, 2.75) is 25.7 Å². The van der Waals surface area contributed by atoms with Gasteiger partial charge in [-0.05, 0) is 44.4 Å². The van der Waals surface area contributed by atoms with Gasteiger partial charge in [0.25, 0.3) is 0 Å². The van der Waals surface area contributed by atoms with Gasteiger partial charge in [-0.1, -0.05) is 12.1 Å². The third-order valence-electron chi connectivity index (χ3n) is 5.92. The van der Waals surface area contributed by atoms with Gasteiger partial charge in [-0.2, -0.15) is 4.79 Å². The number of carbonyl (C=O) groups is 1. The third-order valence-corrected chi connectivity index (χ3v) is 5.92. The lowest BCUT2D eigenvalue weighted by Crippen LogP contribution is -2.42. The summed E-state index contributed by atoms with van der Waals surface area (Å²) in [6, 6.07) is 8.29. The maximum absolute atomic E-state index is 13.1. The number of nitrogens with zero attached hydrogens (tertiary/aromatic N) is 4. The van der Waals surface area contributed by atoms with E-state index in [1.54, 1.807) is 0 Å². The van der Waals surface area contributed by atoms with E-state index in [9.17, 15) is 4.79 Å². The normalized spacial score (nSPS) is 27.2. The predicted octanol–water partition coefficient (Wildman–Crippen LogP) is 1.48. The summed E-state index contributed by atoms with van der Waals surface area (Å²) in [5.74, 6) is 1.26. The molecule has 5 rings (SSSR count). The van der Waals surface area contributed by atoms with Crippen molar-refractivity contribution in [3.8, 4) is 0 Å². The van der Waals surface area contributed by atoms with Crippen molar-refractivity contribution in [3.05, 3.63) is 24.3 Å². The molecule has 6 heteroatoms. The maximum atomic E-state index is 13.1. The zero-order chi connectivity index (χ0) is 16.1. The van der Waals surface area contributed by atoms with Gasteiger partial charge < -0.3 is 10.2 Å². The van der Waals surface area contributed by atoms with Crippen molar-refractivity contribution in [3.63, 3.8) is 0 Å². The quantitative estimate of drug-likeness (QED) is 0.909. The Labute approximate surface area is 141 Å². The minimum Gasteiger partial charge on any atom is -0.355 e. The van der Waals surface area contributed by atoms with Crippen LogP contribution in [0.5, 0.6) is 0 Å². The highest BCUT2D eigenvalue weighted by molar-refractivity contribution is 5.97. The van der Waals surface area contributed by atoms with Gasteiger partial charge in [0.15, 0.2) is 5.82 Å². The first kappa shape index (κ1) is 14.3. The second kappa shape index (κ2) is 5.21. The molecular weight excluding hydrogens is 302 g/mol. The van der Waals surface area contributed by atoms with E-state index >= 15 is 0 Å². The van der Waals surface area contributed by atoms with Gasteiger partial charge in [0.2, 0.25) is 5.91 Å². The number of rotatable bonds is 2. The lowest BCUT2D eigenvalue weighted by molar-refractivity contribution is -0.126. The molecule has 1 atom stereocenters. The van der Waals surface area contributed by atoms with Crippen molar-refractivity contribution in [2.75, 3.05) is 42.6 Å². The van der Waals surface area contributed by atoms with Crippen LogP contribution in [0.4, 0.5) is 5.82 Å². The molecule has 3 aliphatic rings. The standard InChI is InChI=1S/C18H23N5O/c24-17-18(7-9-19-13-18)8-12-22(17)23-15-6-2-1-5-14(15)16(20-23)21-10-3-4-11-21/h1-2,5-6,19H,3-4,7-13H2/t18-/m0/s1. The van der Waals surface area contributed by atoms with Crippen LogP contribution < -0.4 is 15.2 Å². The molecule has 24 heavy (non-hydrogen) atoms. The molecule has 0 saturated carbocycles. The van der Waals surface area contributed by atoms with Crippen molar-refractivity contribution in [1.29, 1.82) is 0 Å². The summed E-state index contributed by atoms with van der Waals surface area (Å²) in [7, 11) is 0. The smallest absolute Gasteiger partial charge is 0.250 e. The maximum Gasteiger partial charge on any atom is 0.250 e. The molecular formula is C18H23N5O. The van der Waals surface area contributed by atoms with Gasteiger partial charge in [0, 0.05) is 31.6 Å². The molecule has 1 amide bonds. The van der Waals surface area contributed by atoms with Crippen molar-refractivity contribution < 1.29 is 4.79 Å². The fourth-order valence-corrected chi connectivity index (χ4v) is 4.50. The lowest BCUT2D eigenvalue weighted by Gasteiger charge is -2.22. The Morgan fingerprint density at radius 2 is 1.92 bits per heavy atom. The van der Waals surface area contributed by atoms with Crippen LogP contribution >= 0.6 is 0 Å². The molecule has 3 fully saturated rings. The number of fused-ring (bicyclic) bond motifs is 1. The first-order chi connectivity index (χ1) is 11.8. The van der Waals surface area contributed by atoms with E-state index in [0.29, 0.717) is 0 Å². The average Bonchev–Trinajstić information content (AvgIpc) is 3.38. The molecule has 0 aliphatic carbocycles. The Morgan fingerprint density at radius 1 is 1.08 bits per heavy atom. The van der Waals surface area contributed by atoms with Gasteiger partial charge in [0.1, 0.15) is 0 Å². The Hall–Kier alpha value is -2.08. The molecule has 1 aromatic carbocycles. The van der Waals surface area contributed by atoms with Crippen molar-refractivity contribution in [2.24, 2.45) is 5.41 Å². The van der Waals surface area contributed by atoms with Crippen molar-refractivity contribution in [1.82, 2.24) is 15.2 Å². The summed E-state index contributed by atoms with van der Waals surface area (Å²) in [5.41, 5.74) is 0.830. The second-order valence-electron chi connectivity index (χ2n) is 7.31. The number of carbonyl (C=O) groups excluding carboxylic acids is 1. The SMILES string of the molecule is O=C1N(n2nc(N3CCCC3)c3ccccc32)CC[C@]12CCNC2. The molecule has 6 nitrogen and oxygen atoms in total. The summed E-state index contributed by atoms with van der Waals surface area (Å²) < 4.78 is 0. The van der Waals surface area contributed by atoms with E-state index in [0.717, 1.165) is 62.3 Å². The molecule has 2 aromatic rings. The largest absolute Gasteiger partial charge is 0.355 e. The first-order valence-corrected chi connectivity index (χ1v) is 9.04. The molecule has 1 aromatic heterocycles. The zero-order valence-corrected chi connectivity index (χ0v) is 13.9. The van der Waals surface area contributed by atoms with Crippen LogP contribution in [0.1, 0.15) is 25.7 Å². The Kier molecular flexibility index (Phi) is 3.10. The molecule has 0 bridgehead atoms. The zero-order valence-electron chi connectivity index (χ0n) is 13.9. The minimum absolute atomic E-state index is 0.207. The molecule has 4 heterocycles. The number of nitrogens with one attached hydrogen (secondary N) is 1. The number of amides is 1. The predicted molar refractivity (Wildman–Crippen MR) is 93.8 cm³/mol. The number of benzene rings is 1. The Balaban J connectivity index is 1.59. The fraction of sp³-hybridized carbons (Fsp3) is 0.556. The van der Waals surface area contributed by atoms with Gasteiger partial charge in [-0.3, -0.25) is 4.79 Å². The van der Waals surface area contributed by atoms with Gasteiger partial charge in [-0.25, -0.2) is 5.01 Å². The van der Waals surface area contributed by atoms with E-state index in [4.69, 9.17) is 5.10 Å². The summed E-state index contributed by atoms with van der Waals surface area (Å²) >= 11 is 0. The van der Waals surface area contributed by atoms with E-state index in [1.165, 1.54) is 12.8 Å². The van der Waals surface area contributed by atoms with E-state index in [2.05, 4.69) is 28.4 Å². The fourth-order valence-electron chi connectivity index (χ4n) is 4.50. The van der Waals surface area contributed by atoms with Crippen LogP contribution in [0, 0.1) is 5.41 Å². The molecule has 126 valence electrons. The van der Waals surface area contributed by atoms with Crippen LogP contribution in [-0.4, -0.2) is 48.5 Å². The molecule has 3 aliphatic heterocycles. The number of anilines is 1. The molecule has 3 saturated heterocycles. The van der Waals surface area contributed by atoms with Crippen LogP contribution in [0.3, 0.4) is 0 Å². The third kappa shape index (κ3) is 1.92. The highest BCUT2D eigenvalue weighted by Gasteiger charge is 2.49. The van der Waals surface area contributed by atoms with E-state index in [1.807, 2.05) is 15.9 Å². The lowest BCUT2D eigenvalue weighted by atomic mass is 9.86. The second-order valence-corrected chi connectivity index (χ2v) is 7.31. The molecule has 0 radical (unpaired) electrons. The van der Waals surface area contributed by atoms with Gasteiger partial charge >= 0.3 is 0 Å². The number of hydrogen-bond donors (Lipinski definition) is 1. The average molecular weight is 325 g/mol. The van der Waals surface area contributed by atoms with Crippen LogP contribution in [-0.2, 0) is 4.79 Å². The summed E-state index contributed by atoms with van der Waals surface area (Å²) in [5, 5.41) is 11.3. The summed E-state index contributed by atoms with van der Waals surface area (Å²) in [4.78, 5) is 17.3. The highest BCUT2D eigenvalue weighted by Crippen LogP contribution is 2.38. The molecule has 1 spiro atoms. The number of aromatic nitrogens is 2. The number of hydrogen-bond acceptors (Lipinski definition) is 4. The summed E-state index contributed by atoms with van der Waals surface area (Å²) in [6.45, 7) is 4.62. The Morgan fingerprint density at radius 3 is 2.71 bits per heavy atom. The highest BCUT2D eigenvalue weighted by atomic mass is 16.2. The first-order valence-electron chi connectivity index (χ1n) is 9.04. The monoisotopic (exact) mass is 325 g/mol. The summed E-state index contributed by atoms with van der Waals surface area (Å²) in [6.07, 6.45) is 4.31. The van der Waals surface area contributed by atoms with Crippen LogP contribution in [0.25, 0.3) is 10.9 Å². The number of para-hydroxylation sites is 1. The van der Waals surface area contributed by atoms with Crippen LogP contribution in [0.2, 0.25) is 0 Å². The molecule has 0 unspecified atom stereocenters. The molecule has 1 N–H and O–H groups in total.